The molecule has 0 radical (unpaired) electrons. The van der Waals surface area contributed by atoms with Gasteiger partial charge in [-0.25, -0.2) is 9.91 Å². The number of fused-ring (bicyclic) bond motifs is 1. The van der Waals surface area contributed by atoms with Gasteiger partial charge in [-0.3, -0.25) is 19.4 Å². The smallest absolute Gasteiger partial charge is 0.264 e. The van der Waals surface area contributed by atoms with Gasteiger partial charge >= 0.3 is 0 Å². The molecule has 0 N–H and O–H groups in total. The molecular formula is C29H25BrN6O3. The van der Waals surface area contributed by atoms with E-state index in [0.717, 1.165) is 32.4 Å². The second kappa shape index (κ2) is 9.85. The summed E-state index contributed by atoms with van der Waals surface area (Å²) in [6.07, 6.45) is 0.544. The summed E-state index contributed by atoms with van der Waals surface area (Å²) in [4.78, 5) is 41.7. The van der Waals surface area contributed by atoms with Crippen molar-refractivity contribution >= 4 is 45.1 Å². The highest BCUT2D eigenvalue weighted by atomic mass is 79.9. The lowest BCUT2D eigenvalue weighted by Crippen LogP contribution is -2.45. The number of amides is 3. The summed E-state index contributed by atoms with van der Waals surface area (Å²) >= 11 is 3.46. The Morgan fingerprint density at radius 2 is 1.62 bits per heavy atom. The van der Waals surface area contributed by atoms with Crippen LogP contribution in [0.15, 0.2) is 92.7 Å². The molecule has 0 unspecified atom stereocenters. The third-order valence-electron chi connectivity index (χ3n) is 7.35. The van der Waals surface area contributed by atoms with Gasteiger partial charge in [-0.2, -0.15) is 10.2 Å². The lowest BCUT2D eigenvalue weighted by Gasteiger charge is -2.26. The number of carbonyl (C=O) groups excluding carboxylic acids is 3. The molecule has 0 aliphatic carbocycles. The Morgan fingerprint density at radius 3 is 2.31 bits per heavy atom. The lowest BCUT2D eigenvalue weighted by molar-refractivity contribution is -0.135. The maximum absolute atomic E-state index is 13.7. The van der Waals surface area contributed by atoms with Gasteiger partial charge in [0.1, 0.15) is 6.54 Å². The standard InChI is InChI=1S/C29H25BrN6O3/c1-17-7-6-8-18(2)26(17)35-28(38)25-27(29(35)39)34(33-31-25)16-24(37)36-23(20-9-4-3-5-10-20)15-22(32-36)19-11-13-21(30)14-12-19/h3-14,23,25,27H,15-16H2,1-2H3/t23-,25+,27+/m1/s1. The summed E-state index contributed by atoms with van der Waals surface area (Å²) in [6, 6.07) is 20.9. The van der Waals surface area contributed by atoms with Crippen LogP contribution in [0.25, 0.3) is 0 Å². The summed E-state index contributed by atoms with van der Waals surface area (Å²) in [5.74, 6) is -1.19. The maximum Gasteiger partial charge on any atom is 0.264 e. The first-order valence-corrected chi connectivity index (χ1v) is 13.4. The van der Waals surface area contributed by atoms with Gasteiger partial charge in [0.05, 0.1) is 17.4 Å². The van der Waals surface area contributed by atoms with Gasteiger partial charge in [0.15, 0.2) is 12.1 Å². The number of hydrazone groups is 1. The molecule has 0 saturated carbocycles. The number of halogens is 1. The summed E-state index contributed by atoms with van der Waals surface area (Å²) in [5.41, 5.74) is 4.87. The Balaban J connectivity index is 1.27. The van der Waals surface area contributed by atoms with Gasteiger partial charge in [0.2, 0.25) is 0 Å². The van der Waals surface area contributed by atoms with Gasteiger partial charge in [-0.15, -0.1) is 0 Å². The zero-order valence-corrected chi connectivity index (χ0v) is 22.9. The molecule has 3 atom stereocenters. The van der Waals surface area contributed by atoms with Gasteiger partial charge in [-0.1, -0.05) is 81.8 Å². The minimum atomic E-state index is -0.977. The van der Waals surface area contributed by atoms with Crippen molar-refractivity contribution in [2.24, 2.45) is 15.4 Å². The second-order valence-corrected chi connectivity index (χ2v) is 10.8. The molecule has 10 heteroatoms. The zero-order valence-electron chi connectivity index (χ0n) is 21.4. The Morgan fingerprint density at radius 1 is 0.923 bits per heavy atom. The number of benzene rings is 3. The molecule has 0 bridgehead atoms. The SMILES string of the molecule is Cc1cccc(C)c1N1C(=O)[C@H]2N=NN(CC(=O)N3N=C(c4ccc(Br)cc4)C[C@@H]3c3ccccc3)[C@@H]2C1=O. The van der Waals surface area contributed by atoms with Crippen LogP contribution in [0.5, 0.6) is 0 Å². The summed E-state index contributed by atoms with van der Waals surface area (Å²) in [7, 11) is 0. The molecule has 3 heterocycles. The molecule has 3 amide bonds. The number of rotatable bonds is 5. The third-order valence-corrected chi connectivity index (χ3v) is 7.87. The van der Waals surface area contributed by atoms with Crippen LogP contribution in [0.3, 0.4) is 0 Å². The van der Waals surface area contributed by atoms with Crippen molar-refractivity contribution < 1.29 is 14.4 Å². The molecule has 3 aliphatic heterocycles. The van der Waals surface area contributed by atoms with E-state index in [1.165, 1.54) is 14.9 Å². The molecule has 6 rings (SSSR count). The summed E-state index contributed by atoms with van der Waals surface area (Å²) in [6.45, 7) is 3.49. The van der Waals surface area contributed by atoms with E-state index in [4.69, 9.17) is 5.10 Å². The molecule has 3 aromatic carbocycles. The highest BCUT2D eigenvalue weighted by molar-refractivity contribution is 9.10. The fourth-order valence-corrected chi connectivity index (χ4v) is 5.70. The first-order valence-electron chi connectivity index (χ1n) is 12.7. The molecular weight excluding hydrogens is 560 g/mol. The fourth-order valence-electron chi connectivity index (χ4n) is 5.44. The third kappa shape index (κ3) is 4.34. The van der Waals surface area contributed by atoms with Crippen LogP contribution in [-0.2, 0) is 14.4 Å². The molecule has 3 aliphatic rings. The van der Waals surface area contributed by atoms with E-state index in [1.807, 2.05) is 86.6 Å². The van der Waals surface area contributed by atoms with Crippen molar-refractivity contribution in [3.05, 3.63) is 99.5 Å². The molecule has 0 aromatic heterocycles. The Kier molecular flexibility index (Phi) is 6.34. The monoisotopic (exact) mass is 584 g/mol. The van der Waals surface area contributed by atoms with Gasteiger partial charge in [-0.05, 0) is 48.2 Å². The highest BCUT2D eigenvalue weighted by Crippen LogP contribution is 2.37. The van der Waals surface area contributed by atoms with E-state index in [0.29, 0.717) is 12.1 Å². The van der Waals surface area contributed by atoms with Crippen LogP contribution >= 0.6 is 15.9 Å². The average molecular weight is 585 g/mol. The van der Waals surface area contributed by atoms with Crippen LogP contribution < -0.4 is 4.90 Å². The van der Waals surface area contributed by atoms with Gasteiger partial charge in [0.25, 0.3) is 17.7 Å². The topological polar surface area (TPSA) is 98.0 Å². The molecule has 1 fully saturated rings. The van der Waals surface area contributed by atoms with E-state index < -0.39 is 23.9 Å². The van der Waals surface area contributed by atoms with Crippen molar-refractivity contribution in [3.8, 4) is 0 Å². The van der Waals surface area contributed by atoms with Crippen LogP contribution in [0, 0.1) is 13.8 Å². The molecule has 196 valence electrons. The maximum atomic E-state index is 13.7. The first kappa shape index (κ1) is 25.1. The molecule has 3 aromatic rings. The van der Waals surface area contributed by atoms with E-state index in [-0.39, 0.29) is 18.5 Å². The largest absolute Gasteiger partial charge is 0.271 e. The van der Waals surface area contributed by atoms with Crippen molar-refractivity contribution in [2.45, 2.75) is 38.4 Å². The minimum Gasteiger partial charge on any atom is -0.271 e. The van der Waals surface area contributed by atoms with Crippen molar-refractivity contribution in [3.63, 3.8) is 0 Å². The number of carbonyl (C=O) groups is 3. The normalized spacial score (nSPS) is 22.1. The van der Waals surface area contributed by atoms with Crippen LogP contribution in [0.2, 0.25) is 0 Å². The molecule has 1 saturated heterocycles. The van der Waals surface area contributed by atoms with E-state index in [2.05, 4.69) is 26.3 Å². The number of hydrogen-bond donors (Lipinski definition) is 0. The second-order valence-electron chi connectivity index (χ2n) is 9.87. The van der Waals surface area contributed by atoms with Crippen LogP contribution in [0.4, 0.5) is 5.69 Å². The quantitative estimate of drug-likeness (QED) is 0.404. The lowest BCUT2D eigenvalue weighted by atomic mass is 9.98. The summed E-state index contributed by atoms with van der Waals surface area (Å²) < 4.78 is 0.956. The first-order chi connectivity index (χ1) is 18.8. The Labute approximate surface area is 233 Å². The number of hydrogen-bond acceptors (Lipinski definition) is 7. The minimum absolute atomic E-state index is 0.231. The van der Waals surface area contributed by atoms with E-state index in [9.17, 15) is 14.4 Å². The molecule has 9 nitrogen and oxygen atoms in total. The van der Waals surface area contributed by atoms with E-state index in [1.54, 1.807) is 0 Å². The zero-order chi connectivity index (χ0) is 27.3. The highest BCUT2D eigenvalue weighted by Gasteiger charge is 2.55. The molecule has 0 spiro atoms. The van der Waals surface area contributed by atoms with Crippen LogP contribution in [-0.4, -0.2) is 52.1 Å². The fraction of sp³-hybridized carbons (Fsp3) is 0.241. The predicted molar refractivity (Wildman–Crippen MR) is 149 cm³/mol. The molecule has 39 heavy (non-hydrogen) atoms. The Bertz CT molecular complexity index is 1520. The number of nitrogens with zero attached hydrogens (tertiary/aromatic N) is 6. The van der Waals surface area contributed by atoms with Crippen molar-refractivity contribution in [1.82, 2.24) is 10.0 Å². The number of anilines is 1. The Hall–Kier alpha value is -4.18. The van der Waals surface area contributed by atoms with Gasteiger partial charge in [0, 0.05) is 10.9 Å². The number of para-hydroxylation sites is 1. The number of imide groups is 1. The summed E-state index contributed by atoms with van der Waals surface area (Å²) in [5, 5.41) is 15.7. The number of aryl methyl sites for hydroxylation is 2. The van der Waals surface area contributed by atoms with Crippen LogP contribution in [0.1, 0.15) is 34.7 Å². The van der Waals surface area contributed by atoms with Crippen molar-refractivity contribution in [1.29, 1.82) is 0 Å². The predicted octanol–water partition coefficient (Wildman–Crippen LogP) is 4.74. The van der Waals surface area contributed by atoms with Gasteiger partial charge < -0.3 is 0 Å². The van der Waals surface area contributed by atoms with E-state index >= 15 is 0 Å². The average Bonchev–Trinajstić information content (AvgIpc) is 3.62. The van der Waals surface area contributed by atoms with Crippen molar-refractivity contribution in [2.75, 3.05) is 11.4 Å².